The molecule has 0 aliphatic carbocycles. The van der Waals surface area contributed by atoms with Crippen LogP contribution in [-0.4, -0.2) is 61.8 Å². The summed E-state index contributed by atoms with van der Waals surface area (Å²) >= 11 is 0. The highest BCUT2D eigenvalue weighted by molar-refractivity contribution is 5.85. The van der Waals surface area contributed by atoms with Crippen LogP contribution in [0.3, 0.4) is 0 Å². The molecule has 120 valence electrons. The highest BCUT2D eigenvalue weighted by atomic mass is 35.5. The number of hydrogen-bond acceptors (Lipinski definition) is 4. The molecule has 0 aromatic rings. The number of nitrogens with zero attached hydrogens (tertiary/aromatic N) is 1. The van der Waals surface area contributed by atoms with E-state index >= 15 is 0 Å². The zero-order valence-electron chi connectivity index (χ0n) is 12.3. The Kier molecular flexibility index (Phi) is 9.02. The number of rotatable bonds is 4. The molecule has 0 saturated carbocycles. The average molecular weight is 328 g/mol. The summed E-state index contributed by atoms with van der Waals surface area (Å²) in [4.78, 5) is 14.2. The molecule has 2 rings (SSSR count). The minimum absolute atomic E-state index is 0. The van der Waals surface area contributed by atoms with Crippen LogP contribution >= 0.6 is 24.8 Å². The molecule has 1 atom stereocenters. The van der Waals surface area contributed by atoms with Crippen molar-refractivity contribution in [2.24, 2.45) is 0 Å². The standard InChI is InChI=1S/C13H25N3O2.2ClH/c1-13(2)10-16(8-9-18-13)7-6-15-12(17)11-4-3-5-14-11;;/h11,14H,3-10H2,1-2H3,(H,15,17);2*1H. The van der Waals surface area contributed by atoms with Crippen LogP contribution in [0.4, 0.5) is 0 Å². The maximum absolute atomic E-state index is 11.8. The van der Waals surface area contributed by atoms with Gasteiger partial charge in [0.15, 0.2) is 0 Å². The third-order valence-corrected chi connectivity index (χ3v) is 3.61. The van der Waals surface area contributed by atoms with Gasteiger partial charge in [-0.15, -0.1) is 24.8 Å². The molecule has 1 amide bonds. The van der Waals surface area contributed by atoms with Gasteiger partial charge in [0.2, 0.25) is 5.91 Å². The van der Waals surface area contributed by atoms with Gasteiger partial charge in [0.1, 0.15) is 0 Å². The van der Waals surface area contributed by atoms with E-state index < -0.39 is 0 Å². The minimum Gasteiger partial charge on any atom is -0.373 e. The number of carbonyl (C=O) groups is 1. The van der Waals surface area contributed by atoms with E-state index in [1.165, 1.54) is 0 Å². The summed E-state index contributed by atoms with van der Waals surface area (Å²) in [5.74, 6) is 0.153. The first-order valence-corrected chi connectivity index (χ1v) is 6.94. The van der Waals surface area contributed by atoms with Crippen LogP contribution in [0, 0.1) is 0 Å². The molecule has 2 heterocycles. The molecule has 0 radical (unpaired) electrons. The van der Waals surface area contributed by atoms with Gasteiger partial charge in [0, 0.05) is 26.2 Å². The average Bonchev–Trinajstić information content (AvgIpc) is 2.81. The smallest absolute Gasteiger partial charge is 0.237 e. The molecular formula is C13H27Cl2N3O2. The van der Waals surface area contributed by atoms with Crippen LogP contribution < -0.4 is 10.6 Å². The molecule has 1 unspecified atom stereocenters. The Bertz CT molecular complexity index is 297. The van der Waals surface area contributed by atoms with Crippen LogP contribution in [0.25, 0.3) is 0 Å². The fourth-order valence-corrected chi connectivity index (χ4v) is 2.67. The predicted molar refractivity (Wildman–Crippen MR) is 85.0 cm³/mol. The highest BCUT2D eigenvalue weighted by Gasteiger charge is 2.27. The first-order chi connectivity index (χ1) is 8.57. The van der Waals surface area contributed by atoms with Gasteiger partial charge in [-0.05, 0) is 33.2 Å². The van der Waals surface area contributed by atoms with Crippen molar-refractivity contribution in [2.45, 2.75) is 38.3 Å². The number of ether oxygens (including phenoxy) is 1. The van der Waals surface area contributed by atoms with E-state index in [4.69, 9.17) is 4.74 Å². The van der Waals surface area contributed by atoms with Crippen LogP contribution in [-0.2, 0) is 9.53 Å². The molecule has 2 aliphatic rings. The molecule has 20 heavy (non-hydrogen) atoms. The lowest BCUT2D eigenvalue weighted by molar-refractivity contribution is -0.123. The van der Waals surface area contributed by atoms with E-state index in [1.54, 1.807) is 0 Å². The molecule has 2 N–H and O–H groups in total. The molecule has 0 spiro atoms. The van der Waals surface area contributed by atoms with Crippen molar-refractivity contribution in [1.82, 2.24) is 15.5 Å². The molecular weight excluding hydrogens is 301 g/mol. The molecule has 0 bridgehead atoms. The summed E-state index contributed by atoms with van der Waals surface area (Å²) in [6, 6.07) is 0.0335. The lowest BCUT2D eigenvalue weighted by Crippen LogP contribution is -2.51. The Morgan fingerprint density at radius 3 is 2.80 bits per heavy atom. The summed E-state index contributed by atoms with van der Waals surface area (Å²) < 4.78 is 5.67. The molecule has 2 aliphatic heterocycles. The van der Waals surface area contributed by atoms with Gasteiger partial charge in [-0.25, -0.2) is 0 Å². The Morgan fingerprint density at radius 2 is 2.20 bits per heavy atom. The van der Waals surface area contributed by atoms with E-state index in [1.807, 2.05) is 0 Å². The van der Waals surface area contributed by atoms with Gasteiger partial charge in [-0.3, -0.25) is 9.69 Å². The van der Waals surface area contributed by atoms with E-state index in [0.29, 0.717) is 0 Å². The van der Waals surface area contributed by atoms with Gasteiger partial charge in [-0.1, -0.05) is 0 Å². The summed E-state index contributed by atoms with van der Waals surface area (Å²) in [7, 11) is 0. The topological polar surface area (TPSA) is 53.6 Å². The van der Waals surface area contributed by atoms with E-state index in [9.17, 15) is 4.79 Å². The Hall–Kier alpha value is -0.0700. The van der Waals surface area contributed by atoms with E-state index in [2.05, 4.69) is 29.4 Å². The van der Waals surface area contributed by atoms with Crippen LogP contribution in [0.15, 0.2) is 0 Å². The SMILES string of the molecule is CC1(C)CN(CCNC(=O)C2CCCN2)CCO1.Cl.Cl. The predicted octanol–water partition coefficient (Wildman–Crippen LogP) is 0.809. The number of amides is 1. The van der Waals surface area contributed by atoms with Gasteiger partial charge < -0.3 is 15.4 Å². The lowest BCUT2D eigenvalue weighted by Gasteiger charge is -2.38. The van der Waals surface area contributed by atoms with E-state index in [0.717, 1.165) is 52.2 Å². The Labute approximate surface area is 134 Å². The van der Waals surface area contributed by atoms with Gasteiger partial charge in [0.25, 0.3) is 0 Å². The zero-order valence-corrected chi connectivity index (χ0v) is 13.9. The zero-order chi connectivity index (χ0) is 13.0. The first-order valence-electron chi connectivity index (χ1n) is 6.94. The number of nitrogens with one attached hydrogen (secondary N) is 2. The summed E-state index contributed by atoms with van der Waals surface area (Å²) in [6.45, 7) is 9.51. The fraction of sp³-hybridized carbons (Fsp3) is 0.923. The van der Waals surface area contributed by atoms with Crippen molar-refractivity contribution in [3.05, 3.63) is 0 Å². The third-order valence-electron chi connectivity index (χ3n) is 3.61. The molecule has 0 aromatic heterocycles. The second-order valence-corrected chi connectivity index (χ2v) is 5.82. The van der Waals surface area contributed by atoms with Crippen molar-refractivity contribution < 1.29 is 9.53 Å². The monoisotopic (exact) mass is 327 g/mol. The van der Waals surface area contributed by atoms with Crippen LogP contribution in [0.1, 0.15) is 26.7 Å². The second-order valence-electron chi connectivity index (χ2n) is 5.82. The number of carbonyl (C=O) groups excluding carboxylic acids is 1. The van der Waals surface area contributed by atoms with Gasteiger partial charge in [0.05, 0.1) is 18.2 Å². The summed E-state index contributed by atoms with van der Waals surface area (Å²) in [5.41, 5.74) is -0.0603. The molecule has 2 saturated heterocycles. The first kappa shape index (κ1) is 19.9. The quantitative estimate of drug-likeness (QED) is 0.802. The number of hydrogen-bond donors (Lipinski definition) is 2. The second kappa shape index (κ2) is 9.05. The molecule has 0 aromatic carbocycles. The van der Waals surface area contributed by atoms with Crippen molar-refractivity contribution in [3.8, 4) is 0 Å². The van der Waals surface area contributed by atoms with Crippen molar-refractivity contribution in [3.63, 3.8) is 0 Å². The lowest BCUT2D eigenvalue weighted by atomic mass is 10.1. The normalized spacial score (nSPS) is 25.4. The van der Waals surface area contributed by atoms with Crippen molar-refractivity contribution in [2.75, 3.05) is 39.3 Å². The fourth-order valence-electron chi connectivity index (χ4n) is 2.67. The number of halogens is 2. The Morgan fingerprint density at radius 1 is 1.45 bits per heavy atom. The largest absolute Gasteiger partial charge is 0.373 e. The van der Waals surface area contributed by atoms with Gasteiger partial charge >= 0.3 is 0 Å². The van der Waals surface area contributed by atoms with Gasteiger partial charge in [-0.2, -0.15) is 0 Å². The summed E-state index contributed by atoms with van der Waals surface area (Å²) in [5, 5.41) is 6.23. The van der Waals surface area contributed by atoms with Crippen molar-refractivity contribution in [1.29, 1.82) is 0 Å². The maximum atomic E-state index is 11.8. The number of morpholine rings is 1. The molecule has 2 fully saturated rings. The molecule has 7 heteroatoms. The van der Waals surface area contributed by atoms with Crippen LogP contribution in [0.2, 0.25) is 0 Å². The minimum atomic E-state index is -0.0603. The Balaban J connectivity index is 0.00000180. The maximum Gasteiger partial charge on any atom is 0.237 e. The molecule has 5 nitrogen and oxygen atoms in total. The highest BCUT2D eigenvalue weighted by Crippen LogP contribution is 2.15. The third kappa shape index (κ3) is 6.14. The van der Waals surface area contributed by atoms with Crippen molar-refractivity contribution >= 4 is 30.7 Å². The van der Waals surface area contributed by atoms with E-state index in [-0.39, 0.29) is 42.4 Å². The summed E-state index contributed by atoms with van der Waals surface area (Å²) in [6.07, 6.45) is 2.08. The van der Waals surface area contributed by atoms with Crippen LogP contribution in [0.5, 0.6) is 0 Å².